The van der Waals surface area contributed by atoms with E-state index in [-0.39, 0.29) is 5.69 Å². The number of aromatic carboxylic acids is 1. The number of carbonyl (C=O) groups is 2. The molecule has 1 aromatic heterocycles. The van der Waals surface area contributed by atoms with Crippen LogP contribution in [0.4, 0.5) is 0 Å². The largest absolute Gasteiger partial charge is 0.477 e. The van der Waals surface area contributed by atoms with E-state index >= 15 is 0 Å². The SMILES string of the molecule is COCCCn1c(C)c(C(=O)OC)c(-c2ccccc2)c1C(=O)O. The highest BCUT2D eigenvalue weighted by Gasteiger charge is 2.29. The summed E-state index contributed by atoms with van der Waals surface area (Å²) in [7, 11) is 2.88. The fraction of sp³-hybridized carbons (Fsp3) is 0.333. The van der Waals surface area contributed by atoms with Crippen molar-refractivity contribution in [1.29, 1.82) is 0 Å². The summed E-state index contributed by atoms with van der Waals surface area (Å²) in [6, 6.07) is 9.02. The van der Waals surface area contributed by atoms with Crippen LogP contribution in [0.15, 0.2) is 30.3 Å². The third-order valence-electron chi connectivity index (χ3n) is 3.91. The summed E-state index contributed by atoms with van der Waals surface area (Å²) in [5.74, 6) is -1.62. The van der Waals surface area contributed by atoms with E-state index in [1.165, 1.54) is 7.11 Å². The Balaban J connectivity index is 2.71. The molecular weight excluding hydrogens is 310 g/mol. The van der Waals surface area contributed by atoms with Gasteiger partial charge in [0, 0.05) is 31.5 Å². The van der Waals surface area contributed by atoms with Crippen molar-refractivity contribution < 1.29 is 24.2 Å². The molecule has 1 aromatic carbocycles. The molecule has 2 aromatic rings. The molecule has 0 aliphatic heterocycles. The lowest BCUT2D eigenvalue weighted by atomic mass is 10.00. The van der Waals surface area contributed by atoms with Crippen LogP contribution in [0, 0.1) is 6.92 Å². The Morgan fingerprint density at radius 3 is 2.38 bits per heavy atom. The third-order valence-corrected chi connectivity index (χ3v) is 3.91. The Labute approximate surface area is 140 Å². The molecule has 0 atom stereocenters. The van der Waals surface area contributed by atoms with E-state index in [9.17, 15) is 14.7 Å². The van der Waals surface area contributed by atoms with Gasteiger partial charge in [-0.2, -0.15) is 0 Å². The topological polar surface area (TPSA) is 77.8 Å². The van der Waals surface area contributed by atoms with Crippen molar-refractivity contribution >= 4 is 11.9 Å². The highest BCUT2D eigenvalue weighted by atomic mass is 16.5. The van der Waals surface area contributed by atoms with Crippen LogP contribution >= 0.6 is 0 Å². The van der Waals surface area contributed by atoms with Gasteiger partial charge in [0.25, 0.3) is 0 Å². The lowest BCUT2D eigenvalue weighted by Gasteiger charge is -2.09. The van der Waals surface area contributed by atoms with Crippen molar-refractivity contribution in [3.05, 3.63) is 47.3 Å². The molecule has 0 spiro atoms. The Kier molecular flexibility index (Phi) is 5.76. The minimum absolute atomic E-state index is 0.0928. The number of carboxylic acid groups (broad SMARTS) is 1. The molecule has 1 N–H and O–H groups in total. The maximum Gasteiger partial charge on any atom is 0.353 e. The monoisotopic (exact) mass is 331 g/mol. The van der Waals surface area contributed by atoms with Crippen molar-refractivity contribution in [2.75, 3.05) is 20.8 Å². The molecule has 0 bridgehead atoms. The van der Waals surface area contributed by atoms with Crippen molar-refractivity contribution in [1.82, 2.24) is 4.57 Å². The van der Waals surface area contributed by atoms with E-state index in [1.807, 2.05) is 6.07 Å². The first-order chi connectivity index (χ1) is 11.5. The first-order valence-electron chi connectivity index (χ1n) is 7.62. The van der Waals surface area contributed by atoms with Gasteiger partial charge in [-0.05, 0) is 18.9 Å². The molecule has 0 saturated carbocycles. The number of carbonyl (C=O) groups excluding carboxylic acids is 1. The van der Waals surface area contributed by atoms with Crippen LogP contribution < -0.4 is 0 Å². The number of rotatable bonds is 7. The molecule has 6 heteroatoms. The van der Waals surface area contributed by atoms with Gasteiger partial charge in [-0.15, -0.1) is 0 Å². The number of esters is 1. The minimum Gasteiger partial charge on any atom is -0.477 e. The average molecular weight is 331 g/mol. The van der Waals surface area contributed by atoms with Crippen LogP contribution in [-0.4, -0.2) is 42.4 Å². The maximum atomic E-state index is 12.3. The van der Waals surface area contributed by atoms with Crippen LogP contribution in [-0.2, 0) is 16.0 Å². The predicted molar refractivity (Wildman–Crippen MR) is 89.4 cm³/mol. The van der Waals surface area contributed by atoms with Crippen LogP contribution in [0.5, 0.6) is 0 Å². The molecule has 0 saturated heterocycles. The van der Waals surface area contributed by atoms with E-state index in [0.717, 1.165) is 0 Å². The van der Waals surface area contributed by atoms with Crippen LogP contribution in [0.1, 0.15) is 33.0 Å². The maximum absolute atomic E-state index is 12.3. The van der Waals surface area contributed by atoms with Crippen LogP contribution in [0.3, 0.4) is 0 Å². The number of nitrogens with zero attached hydrogens (tertiary/aromatic N) is 1. The zero-order chi connectivity index (χ0) is 17.7. The quantitative estimate of drug-likeness (QED) is 0.623. The number of hydrogen-bond acceptors (Lipinski definition) is 4. The highest BCUT2D eigenvalue weighted by molar-refractivity contribution is 6.06. The van der Waals surface area contributed by atoms with Crippen molar-refractivity contribution in [2.24, 2.45) is 0 Å². The second-order valence-electron chi connectivity index (χ2n) is 5.34. The summed E-state index contributed by atoms with van der Waals surface area (Å²) in [5.41, 5.74) is 2.02. The van der Waals surface area contributed by atoms with Gasteiger partial charge < -0.3 is 19.1 Å². The second kappa shape index (κ2) is 7.79. The summed E-state index contributed by atoms with van der Waals surface area (Å²) in [4.78, 5) is 24.2. The lowest BCUT2D eigenvalue weighted by molar-refractivity contribution is 0.0600. The molecule has 0 amide bonds. The standard InChI is InChI=1S/C18H21NO5/c1-12-14(18(22)24-3)15(13-8-5-4-6-9-13)16(17(20)21)19(12)10-7-11-23-2/h4-6,8-9H,7,10-11H2,1-3H3,(H,20,21). The van der Waals surface area contributed by atoms with Crippen molar-refractivity contribution in [3.8, 4) is 11.1 Å². The van der Waals surface area contributed by atoms with E-state index in [2.05, 4.69) is 0 Å². The smallest absolute Gasteiger partial charge is 0.353 e. The van der Waals surface area contributed by atoms with Gasteiger partial charge in [0.15, 0.2) is 0 Å². The second-order valence-corrected chi connectivity index (χ2v) is 5.34. The number of benzene rings is 1. The van der Waals surface area contributed by atoms with Gasteiger partial charge in [0.1, 0.15) is 5.69 Å². The Bertz CT molecular complexity index is 734. The zero-order valence-electron chi connectivity index (χ0n) is 14.0. The normalized spacial score (nSPS) is 10.6. The van der Waals surface area contributed by atoms with E-state index < -0.39 is 11.9 Å². The molecule has 0 fully saturated rings. The molecule has 2 rings (SSSR count). The first kappa shape index (κ1) is 17.7. The van der Waals surface area contributed by atoms with E-state index in [4.69, 9.17) is 9.47 Å². The van der Waals surface area contributed by atoms with Crippen LogP contribution in [0.2, 0.25) is 0 Å². The van der Waals surface area contributed by atoms with Gasteiger partial charge in [0.2, 0.25) is 0 Å². The number of hydrogen-bond donors (Lipinski definition) is 1. The fourth-order valence-electron chi connectivity index (χ4n) is 2.84. The zero-order valence-corrected chi connectivity index (χ0v) is 14.0. The van der Waals surface area contributed by atoms with Gasteiger partial charge in [-0.25, -0.2) is 9.59 Å². The Hall–Kier alpha value is -2.60. The number of carboxylic acids is 1. The van der Waals surface area contributed by atoms with Crippen molar-refractivity contribution in [2.45, 2.75) is 19.9 Å². The number of methoxy groups -OCH3 is 2. The minimum atomic E-state index is -1.08. The Morgan fingerprint density at radius 2 is 1.83 bits per heavy atom. The molecule has 6 nitrogen and oxygen atoms in total. The summed E-state index contributed by atoms with van der Waals surface area (Å²) >= 11 is 0. The number of ether oxygens (including phenoxy) is 2. The number of aromatic nitrogens is 1. The average Bonchev–Trinajstić information content (AvgIpc) is 2.88. The predicted octanol–water partition coefficient (Wildman–Crippen LogP) is 2.98. The third kappa shape index (κ3) is 3.33. The van der Waals surface area contributed by atoms with Crippen molar-refractivity contribution in [3.63, 3.8) is 0 Å². The first-order valence-corrected chi connectivity index (χ1v) is 7.62. The summed E-state index contributed by atoms with van der Waals surface area (Å²) in [6.45, 7) is 2.68. The fourth-order valence-corrected chi connectivity index (χ4v) is 2.84. The highest BCUT2D eigenvalue weighted by Crippen LogP contribution is 2.33. The molecule has 0 radical (unpaired) electrons. The molecule has 128 valence electrons. The lowest BCUT2D eigenvalue weighted by Crippen LogP contribution is -2.12. The summed E-state index contributed by atoms with van der Waals surface area (Å²) in [5, 5.41) is 9.75. The molecule has 1 heterocycles. The molecule has 0 unspecified atom stereocenters. The van der Waals surface area contributed by atoms with Gasteiger partial charge in [0.05, 0.1) is 12.7 Å². The molecule has 0 aliphatic carbocycles. The summed E-state index contributed by atoms with van der Waals surface area (Å²) in [6.07, 6.45) is 0.640. The van der Waals surface area contributed by atoms with Crippen LogP contribution in [0.25, 0.3) is 11.1 Å². The molecule has 0 aliphatic rings. The molecular formula is C18H21NO5. The van der Waals surface area contributed by atoms with Gasteiger partial charge in [-0.1, -0.05) is 30.3 Å². The Morgan fingerprint density at radius 1 is 1.17 bits per heavy atom. The van der Waals surface area contributed by atoms with E-state index in [1.54, 1.807) is 42.9 Å². The molecule has 24 heavy (non-hydrogen) atoms. The summed E-state index contributed by atoms with van der Waals surface area (Å²) < 4.78 is 11.6. The van der Waals surface area contributed by atoms with Gasteiger partial charge in [-0.3, -0.25) is 0 Å². The van der Waals surface area contributed by atoms with Gasteiger partial charge >= 0.3 is 11.9 Å². The van der Waals surface area contributed by atoms with E-state index in [0.29, 0.717) is 42.0 Å².